The van der Waals surface area contributed by atoms with Crippen molar-refractivity contribution >= 4 is 0 Å². The first-order chi connectivity index (χ1) is 7.39. The molecule has 0 heterocycles. The molecule has 0 amide bonds. The molecule has 1 aliphatic carbocycles. The Kier molecular flexibility index (Phi) is 4.85. The van der Waals surface area contributed by atoms with E-state index in [1.54, 1.807) is 0 Å². The molecule has 16 heavy (non-hydrogen) atoms. The zero-order valence-corrected chi connectivity index (χ0v) is 11.8. The molecule has 0 spiro atoms. The lowest BCUT2D eigenvalue weighted by Crippen LogP contribution is -2.46. The fourth-order valence-corrected chi connectivity index (χ4v) is 3.53. The summed E-state index contributed by atoms with van der Waals surface area (Å²) in [6, 6.07) is 0. The molecule has 0 aromatic heterocycles. The van der Waals surface area contributed by atoms with Crippen LogP contribution in [0.4, 0.5) is 0 Å². The smallest absolute Gasteiger partial charge is 0.0683 e. The lowest BCUT2D eigenvalue weighted by Gasteiger charge is -2.46. The molecule has 1 fully saturated rings. The topological polar surface area (TPSA) is 20.2 Å². The quantitative estimate of drug-likeness (QED) is 0.760. The predicted molar refractivity (Wildman–Crippen MR) is 70.4 cm³/mol. The monoisotopic (exact) mass is 226 g/mol. The van der Waals surface area contributed by atoms with E-state index in [2.05, 4.69) is 34.6 Å². The third kappa shape index (κ3) is 3.23. The van der Waals surface area contributed by atoms with Crippen LogP contribution in [0.15, 0.2) is 0 Å². The lowest BCUT2D eigenvalue weighted by atomic mass is 9.64. The molecule has 1 nitrogen and oxygen atoms in total. The van der Waals surface area contributed by atoms with Crippen molar-refractivity contribution in [2.75, 3.05) is 0 Å². The second-order valence-electron chi connectivity index (χ2n) is 6.56. The number of hydrogen-bond donors (Lipinski definition) is 1. The van der Waals surface area contributed by atoms with Gasteiger partial charge in [0.05, 0.1) is 5.60 Å². The summed E-state index contributed by atoms with van der Waals surface area (Å²) >= 11 is 0. The van der Waals surface area contributed by atoms with Crippen molar-refractivity contribution in [1.82, 2.24) is 0 Å². The third-order valence-electron chi connectivity index (χ3n) is 4.57. The molecule has 4 atom stereocenters. The van der Waals surface area contributed by atoms with Gasteiger partial charge in [0.2, 0.25) is 0 Å². The minimum Gasteiger partial charge on any atom is -0.390 e. The van der Waals surface area contributed by atoms with Crippen LogP contribution in [0, 0.1) is 23.7 Å². The van der Waals surface area contributed by atoms with Gasteiger partial charge in [-0.2, -0.15) is 0 Å². The summed E-state index contributed by atoms with van der Waals surface area (Å²) in [5, 5.41) is 11.0. The van der Waals surface area contributed by atoms with Gasteiger partial charge in [-0.05, 0) is 42.9 Å². The average Bonchev–Trinajstić information content (AvgIpc) is 2.15. The van der Waals surface area contributed by atoms with Gasteiger partial charge in [-0.15, -0.1) is 0 Å². The summed E-state index contributed by atoms with van der Waals surface area (Å²) in [6.45, 7) is 11.3. The SMILES string of the molecule is CCC(C)CC1(O)CC(C)CCC1C(C)C. The Morgan fingerprint density at radius 1 is 1.25 bits per heavy atom. The maximum atomic E-state index is 11.0. The van der Waals surface area contributed by atoms with Crippen LogP contribution in [0.2, 0.25) is 0 Å². The molecule has 4 unspecified atom stereocenters. The average molecular weight is 226 g/mol. The summed E-state index contributed by atoms with van der Waals surface area (Å²) in [5.74, 6) is 2.47. The lowest BCUT2D eigenvalue weighted by molar-refractivity contribution is -0.0943. The Morgan fingerprint density at radius 3 is 2.38 bits per heavy atom. The molecule has 1 saturated carbocycles. The van der Waals surface area contributed by atoms with Gasteiger partial charge in [0, 0.05) is 0 Å². The van der Waals surface area contributed by atoms with Gasteiger partial charge in [-0.25, -0.2) is 0 Å². The fraction of sp³-hybridized carbons (Fsp3) is 1.00. The molecule has 0 radical (unpaired) electrons. The van der Waals surface area contributed by atoms with Gasteiger partial charge < -0.3 is 5.11 Å². The van der Waals surface area contributed by atoms with E-state index < -0.39 is 0 Å². The molecular weight excluding hydrogens is 196 g/mol. The highest BCUT2D eigenvalue weighted by atomic mass is 16.3. The van der Waals surface area contributed by atoms with Crippen molar-refractivity contribution in [3.8, 4) is 0 Å². The van der Waals surface area contributed by atoms with E-state index in [9.17, 15) is 5.11 Å². The second kappa shape index (κ2) is 5.53. The van der Waals surface area contributed by atoms with Gasteiger partial charge in [-0.3, -0.25) is 0 Å². The van der Waals surface area contributed by atoms with Gasteiger partial charge in [0.25, 0.3) is 0 Å². The Labute approximate surface area is 102 Å². The second-order valence-corrected chi connectivity index (χ2v) is 6.56. The van der Waals surface area contributed by atoms with Crippen molar-refractivity contribution in [3.05, 3.63) is 0 Å². The van der Waals surface area contributed by atoms with Gasteiger partial charge in [0.15, 0.2) is 0 Å². The summed E-state index contributed by atoms with van der Waals surface area (Å²) in [4.78, 5) is 0. The Bertz CT molecular complexity index is 211. The Morgan fingerprint density at radius 2 is 1.88 bits per heavy atom. The highest BCUT2D eigenvalue weighted by Crippen LogP contribution is 2.44. The molecular formula is C15H30O. The van der Waals surface area contributed by atoms with Crippen LogP contribution in [0.3, 0.4) is 0 Å². The van der Waals surface area contributed by atoms with Crippen molar-refractivity contribution in [2.45, 2.75) is 72.3 Å². The van der Waals surface area contributed by atoms with Crippen LogP contribution < -0.4 is 0 Å². The van der Waals surface area contributed by atoms with E-state index in [1.165, 1.54) is 19.3 Å². The summed E-state index contributed by atoms with van der Waals surface area (Å²) < 4.78 is 0. The molecule has 0 aromatic rings. The van der Waals surface area contributed by atoms with Crippen LogP contribution in [0.25, 0.3) is 0 Å². The fourth-order valence-electron chi connectivity index (χ4n) is 3.53. The van der Waals surface area contributed by atoms with Crippen LogP contribution in [0.5, 0.6) is 0 Å². The van der Waals surface area contributed by atoms with E-state index in [1.807, 2.05) is 0 Å². The van der Waals surface area contributed by atoms with Crippen molar-refractivity contribution < 1.29 is 5.11 Å². The molecule has 0 bridgehead atoms. The Balaban J connectivity index is 2.75. The molecule has 1 heteroatoms. The first kappa shape index (κ1) is 14.0. The molecule has 1 aliphatic rings. The molecule has 0 aliphatic heterocycles. The van der Waals surface area contributed by atoms with E-state index in [-0.39, 0.29) is 5.60 Å². The zero-order valence-electron chi connectivity index (χ0n) is 11.8. The third-order valence-corrected chi connectivity index (χ3v) is 4.57. The van der Waals surface area contributed by atoms with E-state index in [0.29, 0.717) is 23.7 Å². The Hall–Kier alpha value is -0.0400. The van der Waals surface area contributed by atoms with Gasteiger partial charge in [0.1, 0.15) is 0 Å². The van der Waals surface area contributed by atoms with E-state index in [4.69, 9.17) is 0 Å². The molecule has 1 N–H and O–H groups in total. The van der Waals surface area contributed by atoms with E-state index in [0.717, 1.165) is 12.8 Å². The molecule has 1 rings (SSSR count). The molecule has 96 valence electrons. The maximum Gasteiger partial charge on any atom is 0.0683 e. The minimum absolute atomic E-state index is 0.388. The van der Waals surface area contributed by atoms with Crippen LogP contribution in [-0.4, -0.2) is 10.7 Å². The van der Waals surface area contributed by atoms with Crippen LogP contribution in [0.1, 0.15) is 66.7 Å². The maximum absolute atomic E-state index is 11.0. The van der Waals surface area contributed by atoms with Crippen LogP contribution in [-0.2, 0) is 0 Å². The van der Waals surface area contributed by atoms with Gasteiger partial charge >= 0.3 is 0 Å². The summed E-state index contributed by atoms with van der Waals surface area (Å²) in [7, 11) is 0. The first-order valence-corrected chi connectivity index (χ1v) is 7.11. The summed E-state index contributed by atoms with van der Waals surface area (Å²) in [6.07, 6.45) is 5.70. The highest BCUT2D eigenvalue weighted by Gasteiger charge is 2.42. The summed E-state index contributed by atoms with van der Waals surface area (Å²) in [5.41, 5.74) is -0.388. The molecule has 0 saturated heterocycles. The molecule has 0 aromatic carbocycles. The van der Waals surface area contributed by atoms with Crippen molar-refractivity contribution in [1.29, 1.82) is 0 Å². The standard InChI is InChI=1S/C15H30O/c1-6-12(4)9-15(16)10-13(5)7-8-14(15)11(2)3/h11-14,16H,6-10H2,1-5H3. The number of aliphatic hydroxyl groups is 1. The van der Waals surface area contributed by atoms with Crippen molar-refractivity contribution in [3.63, 3.8) is 0 Å². The largest absolute Gasteiger partial charge is 0.390 e. The highest BCUT2D eigenvalue weighted by molar-refractivity contribution is 4.94. The van der Waals surface area contributed by atoms with Crippen LogP contribution >= 0.6 is 0 Å². The van der Waals surface area contributed by atoms with E-state index >= 15 is 0 Å². The minimum atomic E-state index is -0.388. The zero-order chi connectivity index (χ0) is 12.3. The predicted octanol–water partition coefficient (Wildman–Crippen LogP) is 4.25. The van der Waals surface area contributed by atoms with Gasteiger partial charge in [-0.1, -0.05) is 47.5 Å². The number of hydrogen-bond acceptors (Lipinski definition) is 1. The number of rotatable bonds is 4. The van der Waals surface area contributed by atoms with Crippen molar-refractivity contribution in [2.24, 2.45) is 23.7 Å². The first-order valence-electron chi connectivity index (χ1n) is 7.11. The normalized spacial score (nSPS) is 37.7.